The molecule has 1 aliphatic heterocycles. The Kier molecular flexibility index (Phi) is 4.44. The van der Waals surface area contributed by atoms with E-state index in [0.29, 0.717) is 11.4 Å². The Bertz CT molecular complexity index is 464. The lowest BCUT2D eigenvalue weighted by atomic mass is 10.2. The molecule has 1 amide bonds. The molecule has 0 aromatic heterocycles. The lowest BCUT2D eigenvalue weighted by Gasteiger charge is -2.30. The molecule has 4 N–H and O–H groups in total. The number of hydrogen-bond acceptors (Lipinski definition) is 4. The van der Waals surface area contributed by atoms with Gasteiger partial charge in [-0.15, -0.1) is 0 Å². The SMILES string of the molecule is Nc1cc(I)c(N2CCSCC2)cc1NC(=O)O. The van der Waals surface area contributed by atoms with Gasteiger partial charge in [0.1, 0.15) is 0 Å². The van der Waals surface area contributed by atoms with Crippen molar-refractivity contribution in [2.45, 2.75) is 0 Å². The van der Waals surface area contributed by atoms with E-state index in [1.165, 1.54) is 0 Å². The summed E-state index contributed by atoms with van der Waals surface area (Å²) in [5.74, 6) is 2.20. The zero-order valence-electron chi connectivity index (χ0n) is 9.65. The highest BCUT2D eigenvalue weighted by Crippen LogP contribution is 2.32. The summed E-state index contributed by atoms with van der Waals surface area (Å²) in [6.45, 7) is 1.97. The van der Waals surface area contributed by atoms with Crippen molar-refractivity contribution in [2.75, 3.05) is 40.5 Å². The predicted molar refractivity (Wildman–Crippen MR) is 84.8 cm³/mol. The van der Waals surface area contributed by atoms with E-state index in [4.69, 9.17) is 10.8 Å². The highest BCUT2D eigenvalue weighted by atomic mass is 127. The maximum Gasteiger partial charge on any atom is 0.409 e. The molecule has 1 fully saturated rings. The van der Waals surface area contributed by atoms with Crippen LogP contribution in [0.15, 0.2) is 12.1 Å². The normalized spacial score (nSPS) is 15.5. The lowest BCUT2D eigenvalue weighted by Crippen LogP contribution is -2.33. The van der Waals surface area contributed by atoms with E-state index in [0.717, 1.165) is 33.9 Å². The van der Waals surface area contributed by atoms with Crippen LogP contribution < -0.4 is 16.0 Å². The van der Waals surface area contributed by atoms with Gasteiger partial charge in [0.25, 0.3) is 0 Å². The minimum Gasteiger partial charge on any atom is -0.465 e. The molecule has 0 saturated carbocycles. The standard InChI is InChI=1S/C11H14IN3O2S/c12-7-5-8(13)9(14-11(16)17)6-10(7)15-1-3-18-4-2-15/h5-6,14H,1-4,13H2,(H,16,17). The zero-order valence-corrected chi connectivity index (χ0v) is 12.6. The van der Waals surface area contributed by atoms with Crippen LogP contribution in [-0.2, 0) is 0 Å². The van der Waals surface area contributed by atoms with E-state index in [1.807, 2.05) is 23.9 Å². The number of rotatable bonds is 2. The largest absolute Gasteiger partial charge is 0.465 e. The number of nitrogen functional groups attached to an aromatic ring is 1. The van der Waals surface area contributed by atoms with Crippen LogP contribution in [0.4, 0.5) is 21.9 Å². The highest BCUT2D eigenvalue weighted by Gasteiger charge is 2.16. The maximum atomic E-state index is 10.7. The fraction of sp³-hybridized carbons (Fsp3) is 0.364. The molecule has 1 heterocycles. The summed E-state index contributed by atoms with van der Waals surface area (Å²) in [6.07, 6.45) is -1.09. The monoisotopic (exact) mass is 379 g/mol. The molecule has 2 rings (SSSR count). The van der Waals surface area contributed by atoms with E-state index < -0.39 is 6.09 Å². The van der Waals surface area contributed by atoms with Gasteiger partial charge < -0.3 is 15.7 Å². The Morgan fingerprint density at radius 3 is 2.72 bits per heavy atom. The van der Waals surface area contributed by atoms with Crippen molar-refractivity contribution in [3.8, 4) is 0 Å². The van der Waals surface area contributed by atoms with Gasteiger partial charge in [-0.25, -0.2) is 4.79 Å². The number of hydrogen-bond donors (Lipinski definition) is 3. The third kappa shape index (κ3) is 3.14. The molecule has 0 radical (unpaired) electrons. The third-order valence-electron chi connectivity index (χ3n) is 2.71. The van der Waals surface area contributed by atoms with Crippen LogP contribution in [0.1, 0.15) is 0 Å². The lowest BCUT2D eigenvalue weighted by molar-refractivity contribution is 0.210. The van der Waals surface area contributed by atoms with Crippen molar-refractivity contribution in [2.24, 2.45) is 0 Å². The number of anilines is 3. The molecular formula is C11H14IN3O2S. The summed E-state index contributed by atoms with van der Waals surface area (Å²) in [5.41, 5.74) is 7.77. The van der Waals surface area contributed by atoms with Gasteiger partial charge >= 0.3 is 6.09 Å². The summed E-state index contributed by atoms with van der Waals surface area (Å²) in [4.78, 5) is 13.0. The first kappa shape index (κ1) is 13.6. The van der Waals surface area contributed by atoms with Crippen molar-refractivity contribution in [1.29, 1.82) is 0 Å². The van der Waals surface area contributed by atoms with Crippen LogP contribution in [0.2, 0.25) is 0 Å². The van der Waals surface area contributed by atoms with Crippen LogP contribution in [0.3, 0.4) is 0 Å². The highest BCUT2D eigenvalue weighted by molar-refractivity contribution is 14.1. The molecule has 5 nitrogen and oxygen atoms in total. The first-order valence-electron chi connectivity index (χ1n) is 5.49. The molecule has 1 aliphatic rings. The van der Waals surface area contributed by atoms with E-state index in [1.54, 1.807) is 0 Å². The molecule has 1 aromatic carbocycles. The minimum atomic E-state index is -1.09. The fourth-order valence-electron chi connectivity index (χ4n) is 1.85. The molecule has 0 aliphatic carbocycles. The smallest absolute Gasteiger partial charge is 0.409 e. The van der Waals surface area contributed by atoms with E-state index >= 15 is 0 Å². The second kappa shape index (κ2) is 5.87. The number of thioether (sulfide) groups is 1. The van der Waals surface area contributed by atoms with E-state index in [9.17, 15) is 4.79 Å². The van der Waals surface area contributed by atoms with Crippen molar-refractivity contribution in [3.63, 3.8) is 0 Å². The van der Waals surface area contributed by atoms with Crippen LogP contribution in [0, 0.1) is 3.57 Å². The van der Waals surface area contributed by atoms with Gasteiger partial charge in [0.05, 0.1) is 17.1 Å². The minimum absolute atomic E-state index is 0.455. The van der Waals surface area contributed by atoms with Crippen molar-refractivity contribution >= 4 is 57.5 Å². The molecule has 0 spiro atoms. The van der Waals surface area contributed by atoms with Gasteiger partial charge in [-0.3, -0.25) is 5.32 Å². The van der Waals surface area contributed by atoms with Crippen LogP contribution in [0.25, 0.3) is 0 Å². The summed E-state index contributed by atoms with van der Waals surface area (Å²) in [6, 6.07) is 3.63. The average molecular weight is 379 g/mol. The van der Waals surface area contributed by atoms with Crippen molar-refractivity contribution in [1.82, 2.24) is 0 Å². The topological polar surface area (TPSA) is 78.6 Å². The second-order valence-electron chi connectivity index (χ2n) is 3.92. The number of amides is 1. The first-order valence-corrected chi connectivity index (χ1v) is 7.73. The van der Waals surface area contributed by atoms with Crippen LogP contribution in [0.5, 0.6) is 0 Å². The average Bonchev–Trinajstić information content (AvgIpc) is 2.33. The molecule has 98 valence electrons. The Hall–Kier alpha value is -0.830. The van der Waals surface area contributed by atoms with Gasteiger partial charge in [0, 0.05) is 28.2 Å². The van der Waals surface area contributed by atoms with Crippen LogP contribution in [-0.4, -0.2) is 35.8 Å². The van der Waals surface area contributed by atoms with Crippen molar-refractivity contribution in [3.05, 3.63) is 15.7 Å². The Labute approximate surface area is 123 Å². The summed E-state index contributed by atoms with van der Waals surface area (Å²) >= 11 is 4.17. The number of benzene rings is 1. The molecular weight excluding hydrogens is 365 g/mol. The van der Waals surface area contributed by atoms with Crippen molar-refractivity contribution < 1.29 is 9.90 Å². The molecule has 0 atom stereocenters. The molecule has 18 heavy (non-hydrogen) atoms. The zero-order chi connectivity index (χ0) is 13.1. The second-order valence-corrected chi connectivity index (χ2v) is 6.31. The molecule has 1 saturated heterocycles. The Morgan fingerprint density at radius 2 is 2.11 bits per heavy atom. The molecule has 0 unspecified atom stereocenters. The number of nitrogens with two attached hydrogens (primary N) is 1. The van der Waals surface area contributed by atoms with Gasteiger partial charge in [-0.05, 0) is 34.7 Å². The number of nitrogens with one attached hydrogen (secondary N) is 1. The first-order chi connectivity index (χ1) is 8.58. The predicted octanol–water partition coefficient (Wildman–Crippen LogP) is 2.52. The number of carboxylic acid groups (broad SMARTS) is 1. The van der Waals surface area contributed by atoms with Gasteiger partial charge in [0.15, 0.2) is 0 Å². The van der Waals surface area contributed by atoms with Crippen LogP contribution >= 0.6 is 34.4 Å². The maximum absolute atomic E-state index is 10.7. The van der Waals surface area contributed by atoms with E-state index in [-0.39, 0.29) is 0 Å². The Balaban J connectivity index is 2.30. The third-order valence-corrected chi connectivity index (χ3v) is 4.52. The number of carbonyl (C=O) groups is 1. The molecule has 1 aromatic rings. The molecule has 0 bridgehead atoms. The summed E-state index contributed by atoms with van der Waals surface area (Å²) in [5, 5.41) is 11.1. The number of nitrogens with zero attached hydrogens (tertiary/aromatic N) is 1. The quantitative estimate of drug-likeness (QED) is 0.544. The van der Waals surface area contributed by atoms with Gasteiger partial charge in [0.2, 0.25) is 0 Å². The number of halogens is 1. The van der Waals surface area contributed by atoms with E-state index in [2.05, 4.69) is 32.8 Å². The Morgan fingerprint density at radius 1 is 1.44 bits per heavy atom. The van der Waals surface area contributed by atoms with Gasteiger partial charge in [-0.2, -0.15) is 11.8 Å². The summed E-state index contributed by atoms with van der Waals surface area (Å²) in [7, 11) is 0. The summed E-state index contributed by atoms with van der Waals surface area (Å²) < 4.78 is 1.05. The van der Waals surface area contributed by atoms with Gasteiger partial charge in [-0.1, -0.05) is 0 Å². The fourth-order valence-corrected chi connectivity index (χ4v) is 3.58. The molecule has 7 heteroatoms.